The molecular formula is C19H22N2OS. The Morgan fingerprint density at radius 2 is 1.87 bits per heavy atom. The predicted octanol–water partition coefficient (Wildman–Crippen LogP) is 5.10. The summed E-state index contributed by atoms with van der Waals surface area (Å²) in [6.07, 6.45) is 0.944. The molecule has 2 heterocycles. The van der Waals surface area contributed by atoms with E-state index < -0.39 is 0 Å². The highest BCUT2D eigenvalue weighted by Crippen LogP contribution is 2.37. The summed E-state index contributed by atoms with van der Waals surface area (Å²) in [4.78, 5) is 18.7. The number of hydrogen-bond donors (Lipinski definition) is 0. The Kier molecular flexibility index (Phi) is 3.68. The molecule has 0 bridgehead atoms. The number of nitrogens with zero attached hydrogens (tertiary/aromatic N) is 2. The molecule has 0 aliphatic heterocycles. The van der Waals surface area contributed by atoms with Crippen molar-refractivity contribution in [1.29, 1.82) is 0 Å². The van der Waals surface area contributed by atoms with Crippen LogP contribution in [0.1, 0.15) is 53.0 Å². The van der Waals surface area contributed by atoms with Crippen LogP contribution in [0.25, 0.3) is 16.2 Å². The van der Waals surface area contributed by atoms with E-state index in [0.717, 1.165) is 22.6 Å². The van der Waals surface area contributed by atoms with Crippen molar-refractivity contribution >= 4 is 22.6 Å². The van der Waals surface area contributed by atoms with E-state index in [4.69, 9.17) is 4.98 Å². The fourth-order valence-corrected chi connectivity index (χ4v) is 4.08. The lowest BCUT2D eigenvalue weighted by Gasteiger charge is -2.16. The number of imidazole rings is 1. The summed E-state index contributed by atoms with van der Waals surface area (Å²) in [7, 11) is 0. The van der Waals surface area contributed by atoms with Gasteiger partial charge in [0.15, 0.2) is 11.2 Å². The quantitative estimate of drug-likeness (QED) is 0.614. The lowest BCUT2D eigenvalue weighted by atomic mass is 9.91. The smallest absolute Gasteiger partial charge is 0.195 e. The van der Waals surface area contributed by atoms with Gasteiger partial charge < -0.3 is 0 Å². The zero-order valence-electron chi connectivity index (χ0n) is 14.5. The van der Waals surface area contributed by atoms with Crippen LogP contribution in [0.2, 0.25) is 0 Å². The fourth-order valence-electron chi connectivity index (χ4n) is 3.09. The van der Waals surface area contributed by atoms with Gasteiger partial charge in [-0.3, -0.25) is 9.20 Å². The third-order valence-electron chi connectivity index (χ3n) is 4.14. The van der Waals surface area contributed by atoms with Gasteiger partial charge in [0, 0.05) is 15.9 Å². The second kappa shape index (κ2) is 5.31. The van der Waals surface area contributed by atoms with Gasteiger partial charge in [-0.2, -0.15) is 0 Å². The van der Waals surface area contributed by atoms with Crippen molar-refractivity contribution in [2.24, 2.45) is 0 Å². The molecular weight excluding hydrogens is 304 g/mol. The van der Waals surface area contributed by atoms with Crippen LogP contribution in [0, 0.1) is 20.8 Å². The topological polar surface area (TPSA) is 34.4 Å². The Labute approximate surface area is 141 Å². The molecule has 1 aromatic carbocycles. The zero-order chi connectivity index (χ0) is 16.9. The normalized spacial score (nSPS) is 12.1. The number of thiazole rings is 1. The molecule has 120 valence electrons. The summed E-state index contributed by atoms with van der Waals surface area (Å²) in [6.45, 7) is 12.6. The van der Waals surface area contributed by atoms with Gasteiger partial charge in [-0.15, -0.1) is 11.3 Å². The number of fused-ring (bicyclic) bond motifs is 1. The molecule has 0 fully saturated rings. The Bertz CT molecular complexity index is 910. The van der Waals surface area contributed by atoms with Crippen molar-refractivity contribution in [3.8, 4) is 11.3 Å². The molecule has 0 spiro atoms. The van der Waals surface area contributed by atoms with E-state index in [1.807, 2.05) is 4.40 Å². The summed E-state index contributed by atoms with van der Waals surface area (Å²) >= 11 is 1.65. The molecule has 0 unspecified atom stereocenters. The molecule has 3 aromatic rings. The van der Waals surface area contributed by atoms with E-state index >= 15 is 0 Å². The minimum Gasteiger partial charge on any atom is -0.296 e. The van der Waals surface area contributed by atoms with Crippen LogP contribution in [0.4, 0.5) is 0 Å². The monoisotopic (exact) mass is 326 g/mol. The van der Waals surface area contributed by atoms with Gasteiger partial charge in [-0.25, -0.2) is 4.98 Å². The number of benzene rings is 1. The van der Waals surface area contributed by atoms with E-state index in [1.54, 1.807) is 11.3 Å². The minimum absolute atomic E-state index is 0.157. The summed E-state index contributed by atoms with van der Waals surface area (Å²) < 4.78 is 2.03. The maximum absolute atomic E-state index is 11.8. The first kappa shape index (κ1) is 15.9. The van der Waals surface area contributed by atoms with Gasteiger partial charge >= 0.3 is 0 Å². The molecule has 2 aromatic heterocycles. The van der Waals surface area contributed by atoms with E-state index in [2.05, 4.69) is 59.7 Å². The molecule has 0 amide bonds. The van der Waals surface area contributed by atoms with Crippen molar-refractivity contribution in [3.63, 3.8) is 0 Å². The molecule has 4 heteroatoms. The van der Waals surface area contributed by atoms with E-state index in [0.29, 0.717) is 5.69 Å². The standard InChI is InChI=1S/C19H22N2OS/c1-11-7-8-14(12(2)9-11)16-13(3)23-18-20-17(19(4,5)6)15(10-22)21(16)18/h7-10H,1-6H3. The summed E-state index contributed by atoms with van der Waals surface area (Å²) in [6, 6.07) is 6.44. The molecule has 0 radical (unpaired) electrons. The number of carbonyl (C=O) groups excluding carboxylic acids is 1. The molecule has 23 heavy (non-hydrogen) atoms. The largest absolute Gasteiger partial charge is 0.296 e. The van der Waals surface area contributed by atoms with Crippen LogP contribution in [0.5, 0.6) is 0 Å². The Hall–Kier alpha value is -1.94. The van der Waals surface area contributed by atoms with Crippen LogP contribution in [0.15, 0.2) is 18.2 Å². The maximum Gasteiger partial charge on any atom is 0.195 e. The predicted molar refractivity (Wildman–Crippen MR) is 96.8 cm³/mol. The number of aromatic nitrogens is 2. The number of rotatable bonds is 2. The Balaban J connectivity index is 2.39. The van der Waals surface area contributed by atoms with Crippen LogP contribution in [-0.4, -0.2) is 15.7 Å². The van der Waals surface area contributed by atoms with Crippen molar-refractivity contribution in [3.05, 3.63) is 45.6 Å². The summed E-state index contributed by atoms with van der Waals surface area (Å²) in [5, 5.41) is 0. The SMILES string of the molecule is Cc1ccc(-c2c(C)sc3nc(C(C)(C)C)c(C=O)n23)c(C)c1. The van der Waals surface area contributed by atoms with Crippen molar-refractivity contribution in [2.75, 3.05) is 0 Å². The lowest BCUT2D eigenvalue weighted by Crippen LogP contribution is -2.15. The van der Waals surface area contributed by atoms with E-state index in [1.165, 1.54) is 21.6 Å². The molecule has 0 aliphatic rings. The zero-order valence-corrected chi connectivity index (χ0v) is 15.3. The second-order valence-electron chi connectivity index (χ2n) is 7.16. The molecule has 0 N–H and O–H groups in total. The minimum atomic E-state index is -0.157. The fraction of sp³-hybridized carbons (Fsp3) is 0.368. The average Bonchev–Trinajstić information content (AvgIpc) is 2.94. The van der Waals surface area contributed by atoms with Crippen molar-refractivity contribution < 1.29 is 4.79 Å². The molecule has 3 nitrogen and oxygen atoms in total. The molecule has 3 rings (SSSR count). The van der Waals surface area contributed by atoms with Gasteiger partial charge in [0.1, 0.15) is 5.69 Å². The Morgan fingerprint density at radius 3 is 2.43 bits per heavy atom. The third kappa shape index (κ3) is 2.51. The summed E-state index contributed by atoms with van der Waals surface area (Å²) in [5.41, 5.74) is 6.10. The number of aryl methyl sites for hydroxylation is 3. The van der Waals surface area contributed by atoms with Gasteiger partial charge in [0.2, 0.25) is 0 Å². The molecule has 0 atom stereocenters. The van der Waals surface area contributed by atoms with E-state index in [-0.39, 0.29) is 5.41 Å². The highest BCUT2D eigenvalue weighted by atomic mass is 32.1. The average molecular weight is 326 g/mol. The molecule has 0 saturated heterocycles. The van der Waals surface area contributed by atoms with Gasteiger partial charge in [0.05, 0.1) is 11.4 Å². The van der Waals surface area contributed by atoms with Crippen LogP contribution in [-0.2, 0) is 5.41 Å². The van der Waals surface area contributed by atoms with Crippen molar-refractivity contribution in [1.82, 2.24) is 9.38 Å². The van der Waals surface area contributed by atoms with Crippen LogP contribution in [0.3, 0.4) is 0 Å². The second-order valence-corrected chi connectivity index (χ2v) is 8.34. The van der Waals surface area contributed by atoms with Gasteiger partial charge in [-0.1, -0.05) is 44.5 Å². The molecule has 0 saturated carbocycles. The highest BCUT2D eigenvalue weighted by Gasteiger charge is 2.27. The van der Waals surface area contributed by atoms with Gasteiger partial charge in [0.25, 0.3) is 0 Å². The van der Waals surface area contributed by atoms with Crippen molar-refractivity contribution in [2.45, 2.75) is 47.0 Å². The van der Waals surface area contributed by atoms with E-state index in [9.17, 15) is 4.79 Å². The lowest BCUT2D eigenvalue weighted by molar-refractivity contribution is 0.111. The Morgan fingerprint density at radius 1 is 1.17 bits per heavy atom. The number of hydrogen-bond acceptors (Lipinski definition) is 3. The molecule has 0 aliphatic carbocycles. The van der Waals surface area contributed by atoms with Crippen LogP contribution >= 0.6 is 11.3 Å². The number of aldehydes is 1. The first-order valence-electron chi connectivity index (χ1n) is 7.79. The van der Waals surface area contributed by atoms with Gasteiger partial charge in [-0.05, 0) is 26.3 Å². The summed E-state index contributed by atoms with van der Waals surface area (Å²) in [5.74, 6) is 0. The number of carbonyl (C=O) groups is 1. The van der Waals surface area contributed by atoms with Crippen LogP contribution < -0.4 is 0 Å². The first-order valence-corrected chi connectivity index (χ1v) is 8.61. The maximum atomic E-state index is 11.8. The first-order chi connectivity index (χ1) is 10.7. The highest BCUT2D eigenvalue weighted by molar-refractivity contribution is 7.17. The third-order valence-corrected chi connectivity index (χ3v) is 5.10.